The molecule has 1 saturated heterocycles. The summed E-state index contributed by atoms with van der Waals surface area (Å²) in [4.78, 5) is 13.8. The number of rotatable bonds is 4. The molecule has 4 heteroatoms. The number of benzene rings is 1. The zero-order chi connectivity index (χ0) is 13.8. The van der Waals surface area contributed by atoms with Gasteiger partial charge in [-0.25, -0.2) is 4.39 Å². The second-order valence-electron chi connectivity index (χ2n) is 5.26. The standard InChI is InChI=1S/C15H20FNO2/c1-11(15(19)17-9-8-13(18)10-17)6-7-12-4-2-3-5-14(12)16/h2-5,11,13,18H,6-10H2,1H3/t11?,13-/m0/s1. The third-order valence-corrected chi connectivity index (χ3v) is 3.70. The van der Waals surface area contributed by atoms with Crippen molar-refractivity contribution in [2.45, 2.75) is 32.3 Å². The molecule has 1 aromatic rings. The van der Waals surface area contributed by atoms with Gasteiger partial charge in [0, 0.05) is 19.0 Å². The Morgan fingerprint density at radius 3 is 2.89 bits per heavy atom. The highest BCUT2D eigenvalue weighted by molar-refractivity contribution is 5.78. The average molecular weight is 265 g/mol. The van der Waals surface area contributed by atoms with Crippen molar-refractivity contribution < 1.29 is 14.3 Å². The molecular weight excluding hydrogens is 245 g/mol. The van der Waals surface area contributed by atoms with Crippen LogP contribution in [0.3, 0.4) is 0 Å². The molecule has 0 bridgehead atoms. The van der Waals surface area contributed by atoms with Crippen LogP contribution < -0.4 is 0 Å². The molecule has 0 aliphatic carbocycles. The summed E-state index contributed by atoms with van der Waals surface area (Å²) in [6.45, 7) is 2.93. The molecule has 0 aromatic heterocycles. The zero-order valence-electron chi connectivity index (χ0n) is 11.2. The monoisotopic (exact) mass is 265 g/mol. The SMILES string of the molecule is CC(CCc1ccccc1F)C(=O)N1CC[C@H](O)C1. The maximum absolute atomic E-state index is 13.5. The van der Waals surface area contributed by atoms with Crippen LogP contribution in [0.5, 0.6) is 0 Å². The lowest BCUT2D eigenvalue weighted by atomic mass is 9.99. The number of aliphatic hydroxyl groups is 1. The number of likely N-dealkylation sites (tertiary alicyclic amines) is 1. The predicted molar refractivity (Wildman–Crippen MR) is 71.1 cm³/mol. The Labute approximate surface area is 113 Å². The first-order valence-corrected chi connectivity index (χ1v) is 6.78. The summed E-state index contributed by atoms with van der Waals surface area (Å²) in [6, 6.07) is 6.67. The molecule has 104 valence electrons. The molecule has 2 atom stereocenters. The number of aliphatic hydroxyl groups excluding tert-OH is 1. The number of β-amino-alcohol motifs (C(OH)–C–C–N with tert-alkyl or cyclic N) is 1. The highest BCUT2D eigenvalue weighted by Crippen LogP contribution is 2.17. The number of aryl methyl sites for hydroxylation is 1. The molecule has 1 aliphatic heterocycles. The molecule has 1 fully saturated rings. The second kappa shape index (κ2) is 6.15. The van der Waals surface area contributed by atoms with Crippen LogP contribution in [0.25, 0.3) is 0 Å². The minimum absolute atomic E-state index is 0.0629. The van der Waals surface area contributed by atoms with Gasteiger partial charge < -0.3 is 10.0 Å². The number of hydrogen-bond donors (Lipinski definition) is 1. The minimum Gasteiger partial charge on any atom is -0.391 e. The smallest absolute Gasteiger partial charge is 0.225 e. The van der Waals surface area contributed by atoms with E-state index >= 15 is 0 Å². The number of nitrogens with zero attached hydrogens (tertiary/aromatic N) is 1. The first kappa shape index (κ1) is 14.0. The van der Waals surface area contributed by atoms with Gasteiger partial charge in [0.05, 0.1) is 6.10 Å². The maximum atomic E-state index is 13.5. The van der Waals surface area contributed by atoms with E-state index in [0.29, 0.717) is 37.9 Å². The third kappa shape index (κ3) is 3.53. The third-order valence-electron chi connectivity index (χ3n) is 3.70. The molecule has 1 aromatic carbocycles. The van der Waals surface area contributed by atoms with Crippen molar-refractivity contribution in [1.82, 2.24) is 4.90 Å². The number of carbonyl (C=O) groups excluding carboxylic acids is 1. The molecule has 1 N–H and O–H groups in total. The van der Waals surface area contributed by atoms with Crippen molar-refractivity contribution in [1.29, 1.82) is 0 Å². The number of carbonyl (C=O) groups is 1. The van der Waals surface area contributed by atoms with Crippen LogP contribution in [0.4, 0.5) is 4.39 Å². The van der Waals surface area contributed by atoms with E-state index < -0.39 is 0 Å². The Morgan fingerprint density at radius 2 is 2.26 bits per heavy atom. The molecule has 1 aliphatic rings. The molecule has 3 nitrogen and oxygen atoms in total. The summed E-state index contributed by atoms with van der Waals surface area (Å²) >= 11 is 0. The van der Waals surface area contributed by atoms with Crippen LogP contribution in [0.15, 0.2) is 24.3 Å². The molecule has 1 heterocycles. The largest absolute Gasteiger partial charge is 0.391 e. The minimum atomic E-state index is -0.386. The van der Waals surface area contributed by atoms with Crippen molar-refractivity contribution in [2.75, 3.05) is 13.1 Å². The summed E-state index contributed by atoms with van der Waals surface area (Å²) in [7, 11) is 0. The van der Waals surface area contributed by atoms with Gasteiger partial charge in [-0.3, -0.25) is 4.79 Å². The molecule has 19 heavy (non-hydrogen) atoms. The van der Waals surface area contributed by atoms with Crippen LogP contribution in [-0.2, 0) is 11.2 Å². The van der Waals surface area contributed by atoms with E-state index in [9.17, 15) is 14.3 Å². The van der Waals surface area contributed by atoms with E-state index in [2.05, 4.69) is 0 Å². The van der Waals surface area contributed by atoms with E-state index in [4.69, 9.17) is 0 Å². The van der Waals surface area contributed by atoms with Gasteiger partial charge >= 0.3 is 0 Å². The average Bonchev–Trinajstić information content (AvgIpc) is 2.83. The Hall–Kier alpha value is -1.42. The molecule has 0 saturated carbocycles. The topological polar surface area (TPSA) is 40.5 Å². The Kier molecular flexibility index (Phi) is 4.53. The number of halogens is 1. The van der Waals surface area contributed by atoms with Crippen LogP contribution >= 0.6 is 0 Å². The Balaban J connectivity index is 1.86. The first-order chi connectivity index (χ1) is 9.08. The van der Waals surface area contributed by atoms with Crippen molar-refractivity contribution >= 4 is 5.91 Å². The lowest BCUT2D eigenvalue weighted by molar-refractivity contribution is -0.134. The van der Waals surface area contributed by atoms with E-state index in [1.807, 2.05) is 13.0 Å². The van der Waals surface area contributed by atoms with E-state index in [0.717, 1.165) is 0 Å². The van der Waals surface area contributed by atoms with Crippen LogP contribution in [0.2, 0.25) is 0 Å². The maximum Gasteiger partial charge on any atom is 0.225 e. The van der Waals surface area contributed by atoms with Gasteiger partial charge in [-0.1, -0.05) is 25.1 Å². The predicted octanol–water partition coefficient (Wildman–Crippen LogP) is 1.99. The van der Waals surface area contributed by atoms with Gasteiger partial charge in [0.2, 0.25) is 5.91 Å². The summed E-state index contributed by atoms with van der Waals surface area (Å²) in [5.74, 6) is -0.281. The van der Waals surface area contributed by atoms with Crippen LogP contribution in [0, 0.1) is 11.7 Å². The van der Waals surface area contributed by atoms with Gasteiger partial charge in [0.15, 0.2) is 0 Å². The molecule has 2 rings (SSSR count). The lowest BCUT2D eigenvalue weighted by Gasteiger charge is -2.20. The van der Waals surface area contributed by atoms with Crippen molar-refractivity contribution in [3.8, 4) is 0 Å². The fourth-order valence-corrected chi connectivity index (χ4v) is 2.45. The normalized spacial score (nSPS) is 20.6. The summed E-state index contributed by atoms with van der Waals surface area (Å²) in [6.07, 6.45) is 1.47. The number of hydrogen-bond acceptors (Lipinski definition) is 2. The Morgan fingerprint density at radius 1 is 1.53 bits per heavy atom. The number of amides is 1. The van der Waals surface area contributed by atoms with Gasteiger partial charge in [-0.05, 0) is 30.9 Å². The fourth-order valence-electron chi connectivity index (χ4n) is 2.45. The lowest BCUT2D eigenvalue weighted by Crippen LogP contribution is -2.34. The molecule has 1 amide bonds. The molecule has 0 spiro atoms. The van der Waals surface area contributed by atoms with Crippen molar-refractivity contribution in [3.63, 3.8) is 0 Å². The van der Waals surface area contributed by atoms with Crippen LogP contribution in [0.1, 0.15) is 25.3 Å². The summed E-state index contributed by atoms with van der Waals surface area (Å²) in [5.41, 5.74) is 0.656. The van der Waals surface area contributed by atoms with Gasteiger partial charge in [-0.15, -0.1) is 0 Å². The van der Waals surface area contributed by atoms with E-state index in [-0.39, 0.29) is 23.7 Å². The zero-order valence-corrected chi connectivity index (χ0v) is 11.2. The summed E-state index contributed by atoms with van der Waals surface area (Å²) < 4.78 is 13.5. The second-order valence-corrected chi connectivity index (χ2v) is 5.26. The molecule has 1 unspecified atom stereocenters. The highest BCUT2D eigenvalue weighted by atomic mass is 19.1. The first-order valence-electron chi connectivity index (χ1n) is 6.78. The quantitative estimate of drug-likeness (QED) is 0.904. The van der Waals surface area contributed by atoms with Crippen LogP contribution in [-0.4, -0.2) is 35.1 Å². The van der Waals surface area contributed by atoms with Gasteiger partial charge in [0.25, 0.3) is 0 Å². The summed E-state index contributed by atoms with van der Waals surface area (Å²) in [5, 5.41) is 9.43. The van der Waals surface area contributed by atoms with E-state index in [1.54, 1.807) is 17.0 Å². The Bertz CT molecular complexity index is 450. The van der Waals surface area contributed by atoms with Crippen molar-refractivity contribution in [3.05, 3.63) is 35.6 Å². The van der Waals surface area contributed by atoms with Gasteiger partial charge in [0.1, 0.15) is 5.82 Å². The molecular formula is C15H20FNO2. The van der Waals surface area contributed by atoms with E-state index in [1.165, 1.54) is 6.07 Å². The highest BCUT2D eigenvalue weighted by Gasteiger charge is 2.27. The van der Waals surface area contributed by atoms with Crippen molar-refractivity contribution in [2.24, 2.45) is 5.92 Å². The van der Waals surface area contributed by atoms with Gasteiger partial charge in [-0.2, -0.15) is 0 Å². The molecule has 0 radical (unpaired) electrons. The fraction of sp³-hybridized carbons (Fsp3) is 0.533.